The average Bonchev–Trinajstić information content (AvgIpc) is 4.01. The highest BCUT2D eigenvalue weighted by atomic mass is 16.3. The fourth-order valence-electron chi connectivity index (χ4n) is 8.95. The van der Waals surface area contributed by atoms with Crippen LogP contribution >= 0.6 is 0 Å². The van der Waals surface area contributed by atoms with Gasteiger partial charge in [0, 0.05) is 54.6 Å². The molecule has 0 fully saturated rings. The van der Waals surface area contributed by atoms with E-state index in [9.17, 15) is 0 Å². The maximum atomic E-state index is 6.44. The Bertz CT molecular complexity index is 3810. The van der Waals surface area contributed by atoms with Crippen molar-refractivity contribution >= 4 is 71.8 Å². The number of benzene rings is 8. The summed E-state index contributed by atoms with van der Waals surface area (Å²) in [5, 5.41) is 6.51. The van der Waals surface area contributed by atoms with E-state index in [2.05, 4.69) is 132 Å². The first-order chi connectivity index (χ1) is 31.2. The molecule has 296 valence electrons. The van der Waals surface area contributed by atoms with Gasteiger partial charge in [-0.1, -0.05) is 158 Å². The molecule has 4 heterocycles. The lowest BCUT2D eigenvalue weighted by molar-refractivity contribution is 0.669. The van der Waals surface area contributed by atoms with Gasteiger partial charge >= 0.3 is 0 Å². The summed E-state index contributed by atoms with van der Waals surface area (Å²) in [7, 11) is 0. The highest BCUT2D eigenvalue weighted by molar-refractivity contribution is 6.17. The average molecular weight is 809 g/mol. The molecule has 0 spiro atoms. The van der Waals surface area contributed by atoms with Crippen LogP contribution in [0.15, 0.2) is 216 Å². The number of allylic oxidation sites excluding steroid dienone is 4. The Morgan fingerprint density at radius 1 is 0.397 bits per heavy atom. The van der Waals surface area contributed by atoms with Crippen molar-refractivity contribution in [1.29, 1.82) is 0 Å². The van der Waals surface area contributed by atoms with E-state index >= 15 is 0 Å². The van der Waals surface area contributed by atoms with Crippen LogP contribution in [0.2, 0.25) is 0 Å². The van der Waals surface area contributed by atoms with E-state index in [0.29, 0.717) is 17.5 Å². The topological polar surface area (TPSA) is 69.9 Å². The largest absolute Gasteiger partial charge is 0.456 e. The maximum absolute atomic E-state index is 6.44. The van der Waals surface area contributed by atoms with Crippen LogP contribution in [0.25, 0.3) is 123 Å². The van der Waals surface area contributed by atoms with Gasteiger partial charge in [-0.25, -0.2) is 15.0 Å². The van der Waals surface area contributed by atoms with Crippen molar-refractivity contribution in [2.45, 2.75) is 0 Å². The zero-order chi connectivity index (χ0) is 41.9. The van der Waals surface area contributed by atoms with Crippen LogP contribution in [0.3, 0.4) is 0 Å². The molecule has 12 rings (SSSR count). The van der Waals surface area contributed by atoms with Gasteiger partial charge in [0.05, 0.1) is 16.7 Å². The minimum Gasteiger partial charge on any atom is -0.456 e. The molecule has 0 atom stereocenters. The predicted octanol–water partition coefficient (Wildman–Crippen LogP) is 15.2. The molecule has 0 amide bonds. The minimum absolute atomic E-state index is 0.552. The SMILES string of the molecule is C=C/C=C\C=C\c1cc(-c2nc(-c3ccccc3)nc(-c3ccc4c(c3)oc3ccccc34)n2)cc(-c2ccccc2)c1-n1c2ccccc2c2cc3oc4ccccc4c3cc21. The zero-order valence-corrected chi connectivity index (χ0v) is 33.9. The lowest BCUT2D eigenvalue weighted by atomic mass is 9.95. The summed E-state index contributed by atoms with van der Waals surface area (Å²) in [6.07, 6.45) is 9.94. The number of hydrogen-bond acceptors (Lipinski definition) is 5. The summed E-state index contributed by atoms with van der Waals surface area (Å²) in [5.41, 5.74) is 12.2. The van der Waals surface area contributed by atoms with Crippen molar-refractivity contribution in [2.75, 3.05) is 0 Å². The highest BCUT2D eigenvalue weighted by Gasteiger charge is 2.23. The van der Waals surface area contributed by atoms with Crippen molar-refractivity contribution in [3.8, 4) is 51.0 Å². The second-order valence-electron chi connectivity index (χ2n) is 15.6. The number of fused-ring (bicyclic) bond motifs is 9. The lowest BCUT2D eigenvalue weighted by Gasteiger charge is -2.19. The molecule has 63 heavy (non-hydrogen) atoms. The summed E-state index contributed by atoms with van der Waals surface area (Å²) in [5.74, 6) is 1.68. The van der Waals surface area contributed by atoms with E-state index in [-0.39, 0.29) is 0 Å². The van der Waals surface area contributed by atoms with Gasteiger partial charge in [-0.05, 0) is 65.7 Å². The van der Waals surface area contributed by atoms with Gasteiger partial charge in [0.15, 0.2) is 17.5 Å². The first kappa shape index (κ1) is 36.3. The molecule has 8 aromatic carbocycles. The standard InChI is InChI=1S/C57H36N4O2/c1-2-3-4-7-22-38-31-40(57-59-55(37-20-10-6-11-21-37)58-56(60-57)39-29-30-44-42-24-13-16-27-50(42)62-52(44)33-39)32-45(36-18-8-5-9-19-36)54(38)61-48-26-15-12-23-41(48)46-35-53-47(34-49(46)61)43-25-14-17-28-51(43)63-53/h2-35H,1H2/b4-3-,22-7+. The smallest absolute Gasteiger partial charge is 0.164 e. The van der Waals surface area contributed by atoms with Crippen LogP contribution in [0, 0.1) is 0 Å². The fourth-order valence-corrected chi connectivity index (χ4v) is 8.95. The third kappa shape index (κ3) is 6.15. The first-order valence-corrected chi connectivity index (χ1v) is 21.0. The number of para-hydroxylation sites is 3. The van der Waals surface area contributed by atoms with Gasteiger partial charge < -0.3 is 13.4 Å². The lowest BCUT2D eigenvalue weighted by Crippen LogP contribution is -2.04. The Kier molecular flexibility index (Phi) is 8.54. The second-order valence-corrected chi connectivity index (χ2v) is 15.6. The number of furan rings is 2. The van der Waals surface area contributed by atoms with E-state index in [4.69, 9.17) is 23.8 Å². The summed E-state index contributed by atoms with van der Waals surface area (Å²) in [6.45, 7) is 3.91. The van der Waals surface area contributed by atoms with Crippen LogP contribution in [0.1, 0.15) is 5.56 Å². The molecule has 0 aliphatic heterocycles. The number of aromatic nitrogens is 4. The third-order valence-corrected chi connectivity index (χ3v) is 11.8. The summed E-state index contributed by atoms with van der Waals surface area (Å²) in [4.78, 5) is 15.6. The molecule has 6 nitrogen and oxygen atoms in total. The Morgan fingerprint density at radius 3 is 1.71 bits per heavy atom. The summed E-state index contributed by atoms with van der Waals surface area (Å²) < 4.78 is 15.2. The molecule has 4 aromatic heterocycles. The molecule has 0 N–H and O–H groups in total. The van der Waals surface area contributed by atoms with Crippen LogP contribution in [-0.4, -0.2) is 19.5 Å². The van der Waals surface area contributed by atoms with Crippen LogP contribution < -0.4 is 0 Å². The zero-order valence-electron chi connectivity index (χ0n) is 33.9. The van der Waals surface area contributed by atoms with Crippen LogP contribution in [0.4, 0.5) is 0 Å². The maximum Gasteiger partial charge on any atom is 0.164 e. The first-order valence-electron chi connectivity index (χ1n) is 21.0. The monoisotopic (exact) mass is 808 g/mol. The quantitative estimate of drug-likeness (QED) is 0.143. The fraction of sp³-hybridized carbons (Fsp3) is 0. The van der Waals surface area contributed by atoms with Gasteiger partial charge in [-0.3, -0.25) is 0 Å². The molecular weight excluding hydrogens is 773 g/mol. The van der Waals surface area contributed by atoms with Gasteiger partial charge in [-0.15, -0.1) is 0 Å². The molecule has 0 bridgehead atoms. The second kappa shape index (κ2) is 14.8. The van der Waals surface area contributed by atoms with Crippen molar-refractivity contribution in [3.63, 3.8) is 0 Å². The van der Waals surface area contributed by atoms with Crippen LogP contribution in [-0.2, 0) is 0 Å². The van der Waals surface area contributed by atoms with Gasteiger partial charge in [0.1, 0.15) is 22.3 Å². The number of nitrogens with zero attached hydrogens (tertiary/aromatic N) is 4. The van der Waals surface area contributed by atoms with Crippen molar-refractivity contribution in [3.05, 3.63) is 212 Å². The molecule has 12 aromatic rings. The summed E-state index contributed by atoms with van der Waals surface area (Å²) in [6, 6.07) is 60.7. The van der Waals surface area contributed by atoms with Crippen molar-refractivity contribution < 1.29 is 8.83 Å². The van der Waals surface area contributed by atoms with Crippen molar-refractivity contribution in [1.82, 2.24) is 19.5 Å². The third-order valence-electron chi connectivity index (χ3n) is 11.8. The van der Waals surface area contributed by atoms with Gasteiger partial charge in [-0.2, -0.15) is 0 Å². The minimum atomic E-state index is 0.552. The number of hydrogen-bond donors (Lipinski definition) is 0. The Morgan fingerprint density at radius 2 is 0.984 bits per heavy atom. The molecule has 0 radical (unpaired) electrons. The Hall–Kier alpha value is -8.61. The van der Waals surface area contributed by atoms with E-state index in [1.165, 1.54) is 0 Å². The highest BCUT2D eigenvalue weighted by Crippen LogP contribution is 2.43. The Balaban J connectivity index is 1.15. The summed E-state index contributed by atoms with van der Waals surface area (Å²) >= 11 is 0. The van der Waals surface area contributed by atoms with E-state index in [1.54, 1.807) is 6.08 Å². The van der Waals surface area contributed by atoms with E-state index < -0.39 is 0 Å². The molecule has 6 heteroatoms. The molecule has 0 aliphatic rings. The van der Waals surface area contributed by atoms with E-state index in [1.807, 2.05) is 78.9 Å². The molecule has 0 saturated carbocycles. The molecular formula is C57H36N4O2. The van der Waals surface area contributed by atoms with Crippen LogP contribution in [0.5, 0.6) is 0 Å². The molecule has 0 saturated heterocycles. The number of rotatable bonds is 8. The Labute approximate surface area is 362 Å². The van der Waals surface area contributed by atoms with Gasteiger partial charge in [0.25, 0.3) is 0 Å². The van der Waals surface area contributed by atoms with E-state index in [0.717, 1.165) is 105 Å². The predicted molar refractivity (Wildman–Crippen MR) is 259 cm³/mol. The van der Waals surface area contributed by atoms with Gasteiger partial charge in [0.2, 0.25) is 0 Å². The normalized spacial score (nSPS) is 12.1. The molecule has 0 aliphatic carbocycles. The molecule has 0 unspecified atom stereocenters. The van der Waals surface area contributed by atoms with Crippen molar-refractivity contribution in [2.24, 2.45) is 0 Å².